The summed E-state index contributed by atoms with van der Waals surface area (Å²) >= 11 is 4.24. The molecule has 0 bridgehead atoms. The van der Waals surface area contributed by atoms with Gasteiger partial charge in [0.15, 0.2) is 10.3 Å². The first-order valence-electron chi connectivity index (χ1n) is 9.32. The average Bonchev–Trinajstić information content (AvgIpc) is 3.52. The Morgan fingerprint density at radius 1 is 1.13 bits per heavy atom. The zero-order chi connectivity index (χ0) is 20.7. The number of carbonyl (C=O) groups is 2. The summed E-state index contributed by atoms with van der Waals surface area (Å²) in [6, 6.07) is 7.50. The van der Waals surface area contributed by atoms with E-state index in [1.807, 2.05) is 52.4 Å². The van der Waals surface area contributed by atoms with E-state index in [0.29, 0.717) is 34.4 Å². The van der Waals surface area contributed by atoms with Crippen molar-refractivity contribution in [2.75, 3.05) is 11.9 Å². The molecule has 4 aromatic rings. The van der Waals surface area contributed by atoms with Crippen molar-refractivity contribution in [3.63, 3.8) is 0 Å². The summed E-state index contributed by atoms with van der Waals surface area (Å²) in [5, 5.41) is 6.11. The number of amides is 2. The lowest BCUT2D eigenvalue weighted by atomic mass is 10.1. The van der Waals surface area contributed by atoms with Gasteiger partial charge in [0.1, 0.15) is 4.88 Å². The van der Waals surface area contributed by atoms with Crippen molar-refractivity contribution in [1.29, 1.82) is 0 Å². The van der Waals surface area contributed by atoms with Crippen molar-refractivity contribution in [2.45, 2.75) is 19.9 Å². The topological polar surface area (TPSA) is 80.1 Å². The number of rotatable bonds is 4. The molecule has 0 fully saturated rings. The summed E-state index contributed by atoms with van der Waals surface area (Å²) in [6.07, 6.45) is 4.51. The van der Waals surface area contributed by atoms with Crippen molar-refractivity contribution in [3.8, 4) is 5.13 Å². The second-order valence-electron chi connectivity index (χ2n) is 6.80. The number of hydrogen-bond donors (Lipinski definition) is 1. The zero-order valence-electron chi connectivity index (χ0n) is 16.0. The third-order valence-electron chi connectivity index (χ3n) is 4.79. The Labute approximate surface area is 184 Å². The summed E-state index contributed by atoms with van der Waals surface area (Å²) in [4.78, 5) is 38.7. The molecule has 152 valence electrons. The number of nitrogens with one attached hydrogen (secondary N) is 1. The van der Waals surface area contributed by atoms with E-state index in [-0.39, 0.29) is 11.8 Å². The van der Waals surface area contributed by atoms with Crippen LogP contribution in [0.5, 0.6) is 0 Å². The fourth-order valence-electron chi connectivity index (χ4n) is 3.29. The normalized spacial score (nSPS) is 13.3. The predicted molar refractivity (Wildman–Crippen MR) is 119 cm³/mol. The Kier molecular flexibility index (Phi) is 4.97. The second-order valence-corrected chi connectivity index (χ2v) is 9.81. The molecular weight excluding hydrogens is 438 g/mol. The lowest BCUT2D eigenvalue weighted by Gasteiger charge is -2.25. The average molecular weight is 456 g/mol. The predicted octanol–water partition coefficient (Wildman–Crippen LogP) is 4.21. The van der Waals surface area contributed by atoms with Crippen LogP contribution in [-0.2, 0) is 13.0 Å². The number of aromatic nitrogens is 3. The van der Waals surface area contributed by atoms with Crippen LogP contribution in [-0.4, -0.2) is 37.8 Å². The zero-order valence-corrected chi connectivity index (χ0v) is 18.4. The summed E-state index contributed by atoms with van der Waals surface area (Å²) in [7, 11) is 0. The lowest BCUT2D eigenvalue weighted by molar-refractivity contribution is 0.0740. The molecule has 5 rings (SSSR count). The molecule has 0 unspecified atom stereocenters. The quantitative estimate of drug-likeness (QED) is 0.500. The van der Waals surface area contributed by atoms with Gasteiger partial charge in [-0.1, -0.05) is 28.7 Å². The summed E-state index contributed by atoms with van der Waals surface area (Å²) in [5.74, 6) is -0.159. The Bertz CT molecular complexity index is 1210. The van der Waals surface area contributed by atoms with E-state index in [1.54, 1.807) is 6.07 Å². The molecule has 0 aromatic carbocycles. The van der Waals surface area contributed by atoms with E-state index in [2.05, 4.69) is 15.3 Å². The molecule has 0 radical (unpaired) electrons. The van der Waals surface area contributed by atoms with Gasteiger partial charge in [0.05, 0.1) is 22.8 Å². The second kappa shape index (κ2) is 7.78. The van der Waals surface area contributed by atoms with Crippen molar-refractivity contribution < 1.29 is 9.59 Å². The number of aryl methyl sites for hydroxylation is 1. The molecule has 0 spiro atoms. The molecular formula is C20H17N5O2S3. The monoisotopic (exact) mass is 455 g/mol. The highest BCUT2D eigenvalue weighted by Crippen LogP contribution is 2.31. The summed E-state index contributed by atoms with van der Waals surface area (Å²) in [5.41, 5.74) is 1.70. The van der Waals surface area contributed by atoms with Gasteiger partial charge in [-0.25, -0.2) is 9.97 Å². The summed E-state index contributed by atoms with van der Waals surface area (Å²) < 4.78 is 1.91. The van der Waals surface area contributed by atoms with Crippen molar-refractivity contribution >= 4 is 51.0 Å². The minimum absolute atomic E-state index is 0.00775. The van der Waals surface area contributed by atoms with E-state index in [9.17, 15) is 9.59 Å². The molecule has 4 aromatic heterocycles. The number of nitrogens with zero attached hydrogens (tertiary/aromatic N) is 4. The smallest absolute Gasteiger partial charge is 0.267 e. The van der Waals surface area contributed by atoms with Gasteiger partial charge in [-0.15, -0.1) is 11.3 Å². The van der Waals surface area contributed by atoms with Gasteiger partial charge in [0.25, 0.3) is 11.8 Å². The van der Waals surface area contributed by atoms with E-state index in [1.165, 1.54) is 34.0 Å². The van der Waals surface area contributed by atoms with Gasteiger partial charge < -0.3 is 9.47 Å². The molecule has 0 aliphatic carbocycles. The van der Waals surface area contributed by atoms with Crippen LogP contribution in [0, 0.1) is 6.92 Å². The molecule has 2 amide bonds. The first kappa shape index (κ1) is 19.2. The van der Waals surface area contributed by atoms with Crippen LogP contribution < -0.4 is 5.32 Å². The molecule has 1 aliphatic rings. The van der Waals surface area contributed by atoms with Crippen LogP contribution in [0.1, 0.15) is 35.6 Å². The highest BCUT2D eigenvalue weighted by atomic mass is 32.1. The summed E-state index contributed by atoms with van der Waals surface area (Å²) in [6.45, 7) is 2.97. The van der Waals surface area contributed by atoms with Crippen LogP contribution in [0.25, 0.3) is 5.13 Å². The van der Waals surface area contributed by atoms with Gasteiger partial charge in [-0.05, 0) is 30.5 Å². The van der Waals surface area contributed by atoms with Crippen LogP contribution in [0.3, 0.4) is 0 Å². The SMILES string of the molecule is Cc1nc(-n2cccc2)sc1C(=O)N1CCc2nc(NC(=O)c3cccs3)sc2C1. The van der Waals surface area contributed by atoms with Crippen LogP contribution >= 0.6 is 34.0 Å². The third kappa shape index (κ3) is 3.57. The number of fused-ring (bicyclic) bond motifs is 1. The van der Waals surface area contributed by atoms with Crippen molar-refractivity contribution in [3.05, 3.63) is 68.1 Å². The maximum Gasteiger partial charge on any atom is 0.267 e. The molecule has 1 aliphatic heterocycles. The highest BCUT2D eigenvalue weighted by molar-refractivity contribution is 7.16. The highest BCUT2D eigenvalue weighted by Gasteiger charge is 2.28. The lowest BCUT2D eigenvalue weighted by Crippen LogP contribution is -2.35. The fourth-order valence-corrected chi connectivity index (χ4v) is 5.93. The molecule has 0 atom stereocenters. The molecule has 0 saturated carbocycles. The third-order valence-corrected chi connectivity index (χ3v) is 7.81. The largest absolute Gasteiger partial charge is 0.332 e. The van der Waals surface area contributed by atoms with E-state index < -0.39 is 0 Å². The minimum Gasteiger partial charge on any atom is -0.332 e. The van der Waals surface area contributed by atoms with Crippen molar-refractivity contribution in [2.24, 2.45) is 0 Å². The van der Waals surface area contributed by atoms with E-state index >= 15 is 0 Å². The number of carbonyl (C=O) groups excluding carboxylic acids is 2. The Hall–Kier alpha value is -2.82. The number of thiophene rings is 1. The van der Waals surface area contributed by atoms with Crippen LogP contribution in [0.4, 0.5) is 5.13 Å². The number of hydrogen-bond acceptors (Lipinski definition) is 7. The molecule has 7 nitrogen and oxygen atoms in total. The standard InChI is InChI=1S/C20H17N5O2S3/c1-12-16(30-20(21-12)24-7-2-3-8-24)18(27)25-9-6-13-15(11-25)29-19(22-13)23-17(26)14-5-4-10-28-14/h2-5,7-8,10H,6,9,11H2,1H3,(H,22,23,26). The van der Waals surface area contributed by atoms with Gasteiger partial charge in [-0.3, -0.25) is 14.9 Å². The van der Waals surface area contributed by atoms with E-state index in [0.717, 1.165) is 21.4 Å². The molecule has 5 heterocycles. The minimum atomic E-state index is -0.151. The van der Waals surface area contributed by atoms with Crippen molar-refractivity contribution in [1.82, 2.24) is 19.4 Å². The van der Waals surface area contributed by atoms with Crippen LogP contribution in [0.2, 0.25) is 0 Å². The molecule has 10 heteroatoms. The Morgan fingerprint density at radius 2 is 1.97 bits per heavy atom. The fraction of sp³-hybridized carbons (Fsp3) is 0.200. The first-order chi connectivity index (χ1) is 14.6. The van der Waals surface area contributed by atoms with Gasteiger partial charge >= 0.3 is 0 Å². The van der Waals surface area contributed by atoms with Gasteiger partial charge in [0.2, 0.25) is 0 Å². The van der Waals surface area contributed by atoms with Gasteiger partial charge in [-0.2, -0.15) is 0 Å². The van der Waals surface area contributed by atoms with Crippen LogP contribution in [0.15, 0.2) is 42.0 Å². The Morgan fingerprint density at radius 3 is 2.73 bits per heavy atom. The molecule has 1 N–H and O–H groups in total. The maximum atomic E-state index is 13.2. The maximum absolute atomic E-state index is 13.2. The first-order valence-corrected chi connectivity index (χ1v) is 11.8. The number of thiazole rings is 2. The molecule has 0 saturated heterocycles. The number of anilines is 1. The Balaban J connectivity index is 1.32. The molecule has 30 heavy (non-hydrogen) atoms. The van der Waals surface area contributed by atoms with E-state index in [4.69, 9.17) is 0 Å². The van der Waals surface area contributed by atoms with Gasteiger partial charge in [0, 0.05) is 30.2 Å².